The van der Waals surface area contributed by atoms with E-state index in [1.54, 1.807) is 4.57 Å². The number of anilines is 2. The molecule has 0 fully saturated rings. The van der Waals surface area contributed by atoms with Crippen molar-refractivity contribution in [2.24, 2.45) is 0 Å². The highest BCUT2D eigenvalue weighted by molar-refractivity contribution is 5.82. The molecule has 1 aromatic carbocycles. The second-order valence-electron chi connectivity index (χ2n) is 6.12. The minimum atomic E-state index is -0.236. The van der Waals surface area contributed by atoms with Crippen molar-refractivity contribution < 1.29 is 0 Å². The van der Waals surface area contributed by atoms with E-state index in [0.29, 0.717) is 23.7 Å². The van der Waals surface area contributed by atoms with Crippen molar-refractivity contribution in [2.45, 2.75) is 39.2 Å². The number of imidazole rings is 1. The van der Waals surface area contributed by atoms with Crippen LogP contribution in [0.4, 0.5) is 11.8 Å². The Bertz CT molecular complexity index is 884. The molecule has 0 saturated carbocycles. The number of aromatic nitrogens is 4. The number of benzene rings is 1. The van der Waals surface area contributed by atoms with Crippen molar-refractivity contribution in [1.29, 1.82) is 0 Å². The number of nitrogens with two attached hydrogens (primary N) is 1. The molecule has 25 heavy (non-hydrogen) atoms. The highest BCUT2D eigenvalue weighted by atomic mass is 16.1. The van der Waals surface area contributed by atoms with E-state index in [4.69, 9.17) is 5.73 Å². The quantitative estimate of drug-likeness (QED) is 0.547. The molecule has 0 aliphatic carbocycles. The van der Waals surface area contributed by atoms with Gasteiger partial charge >= 0.3 is 5.69 Å². The summed E-state index contributed by atoms with van der Waals surface area (Å²) in [6, 6.07) is 9.79. The summed E-state index contributed by atoms with van der Waals surface area (Å²) in [5, 5.41) is 3.21. The predicted octanol–water partition coefficient (Wildman–Crippen LogP) is 2.74. The summed E-state index contributed by atoms with van der Waals surface area (Å²) < 4.78 is 1.59. The van der Waals surface area contributed by atoms with E-state index in [9.17, 15) is 4.79 Å². The number of nitrogen functional groups attached to an aromatic ring is 1. The van der Waals surface area contributed by atoms with Crippen molar-refractivity contribution in [3.05, 3.63) is 46.4 Å². The molecule has 3 aromatic rings. The van der Waals surface area contributed by atoms with Crippen LogP contribution in [0.25, 0.3) is 11.2 Å². The minimum Gasteiger partial charge on any atom is -0.382 e. The monoisotopic (exact) mass is 340 g/mol. The predicted molar refractivity (Wildman–Crippen MR) is 101 cm³/mol. The fourth-order valence-electron chi connectivity index (χ4n) is 2.80. The van der Waals surface area contributed by atoms with Crippen LogP contribution in [-0.4, -0.2) is 26.1 Å². The van der Waals surface area contributed by atoms with Crippen LogP contribution < -0.4 is 16.7 Å². The maximum Gasteiger partial charge on any atom is 0.328 e. The van der Waals surface area contributed by atoms with E-state index in [0.717, 1.165) is 18.5 Å². The molecule has 2 aromatic heterocycles. The minimum absolute atomic E-state index is 0.236. The zero-order valence-corrected chi connectivity index (χ0v) is 14.5. The van der Waals surface area contributed by atoms with Gasteiger partial charge in [-0.3, -0.25) is 4.57 Å². The average Bonchev–Trinajstić information content (AvgIpc) is 2.92. The standard InChI is InChI=1S/C18H24N6O/c1-2-3-4-8-11-20-17-22-15(19)14-16(23-17)24(18(25)21-14)12-13-9-6-5-7-10-13/h5-7,9-10H,2-4,8,11-12H2,1H3,(H,21,25)(H3,19,20,22,23). The van der Waals surface area contributed by atoms with Crippen molar-refractivity contribution in [3.63, 3.8) is 0 Å². The van der Waals surface area contributed by atoms with Crippen molar-refractivity contribution in [3.8, 4) is 0 Å². The zero-order valence-electron chi connectivity index (χ0n) is 14.5. The first kappa shape index (κ1) is 17.0. The summed E-state index contributed by atoms with van der Waals surface area (Å²) in [6.07, 6.45) is 4.64. The summed E-state index contributed by atoms with van der Waals surface area (Å²) in [4.78, 5) is 23.8. The van der Waals surface area contributed by atoms with E-state index in [-0.39, 0.29) is 11.5 Å². The molecule has 0 atom stereocenters. The van der Waals surface area contributed by atoms with Gasteiger partial charge in [-0.05, 0) is 12.0 Å². The topological polar surface area (TPSA) is 102 Å². The van der Waals surface area contributed by atoms with E-state index < -0.39 is 0 Å². The van der Waals surface area contributed by atoms with E-state index in [1.165, 1.54) is 19.3 Å². The van der Waals surface area contributed by atoms with Crippen LogP contribution in [0.15, 0.2) is 35.1 Å². The molecule has 0 aliphatic rings. The lowest BCUT2D eigenvalue weighted by Gasteiger charge is -2.07. The summed E-state index contributed by atoms with van der Waals surface area (Å²) in [6.45, 7) is 3.41. The fraction of sp³-hybridized carbons (Fsp3) is 0.389. The fourth-order valence-corrected chi connectivity index (χ4v) is 2.80. The Hall–Kier alpha value is -2.83. The van der Waals surface area contributed by atoms with Crippen molar-refractivity contribution in [1.82, 2.24) is 19.5 Å². The SMILES string of the molecule is CCCCCCNc1nc(N)c2[nH]c(=O)n(Cc3ccccc3)c2n1. The molecule has 0 saturated heterocycles. The third kappa shape index (κ3) is 3.99. The largest absolute Gasteiger partial charge is 0.382 e. The lowest BCUT2D eigenvalue weighted by Crippen LogP contribution is -2.18. The maximum absolute atomic E-state index is 12.3. The molecule has 7 nitrogen and oxygen atoms in total. The number of nitrogens with zero attached hydrogens (tertiary/aromatic N) is 3. The second-order valence-corrected chi connectivity index (χ2v) is 6.12. The van der Waals surface area contributed by atoms with Crippen LogP contribution in [0.2, 0.25) is 0 Å². The van der Waals surface area contributed by atoms with Gasteiger partial charge in [-0.2, -0.15) is 9.97 Å². The molecule has 0 spiro atoms. The lowest BCUT2D eigenvalue weighted by molar-refractivity contribution is 0.683. The smallest absolute Gasteiger partial charge is 0.328 e. The first-order chi connectivity index (χ1) is 12.2. The number of fused-ring (bicyclic) bond motifs is 1. The molecule has 132 valence electrons. The van der Waals surface area contributed by atoms with E-state index in [1.807, 2.05) is 30.3 Å². The van der Waals surface area contributed by atoms with Crippen LogP contribution in [0, 0.1) is 0 Å². The van der Waals surface area contributed by atoms with Gasteiger partial charge < -0.3 is 16.0 Å². The molecule has 0 bridgehead atoms. The molecule has 3 rings (SSSR count). The number of hydrogen-bond donors (Lipinski definition) is 3. The first-order valence-electron chi connectivity index (χ1n) is 8.73. The van der Waals surface area contributed by atoms with Gasteiger partial charge in [0.15, 0.2) is 11.5 Å². The Morgan fingerprint density at radius 1 is 1.16 bits per heavy atom. The van der Waals surface area contributed by atoms with Gasteiger partial charge in [0, 0.05) is 6.54 Å². The lowest BCUT2D eigenvalue weighted by atomic mass is 10.2. The Balaban J connectivity index is 1.85. The van der Waals surface area contributed by atoms with Gasteiger partial charge in [0.05, 0.1) is 6.54 Å². The molecular weight excluding hydrogens is 316 g/mol. The summed E-state index contributed by atoms with van der Waals surface area (Å²) in [5.74, 6) is 0.743. The number of nitrogens with one attached hydrogen (secondary N) is 2. The molecule has 4 N–H and O–H groups in total. The van der Waals surface area contributed by atoms with Crippen LogP contribution in [0.5, 0.6) is 0 Å². The number of unbranched alkanes of at least 4 members (excludes halogenated alkanes) is 3. The van der Waals surface area contributed by atoms with Gasteiger partial charge in [0.2, 0.25) is 5.95 Å². The summed E-state index contributed by atoms with van der Waals surface area (Å²) in [7, 11) is 0. The van der Waals surface area contributed by atoms with Gasteiger partial charge in [0.25, 0.3) is 0 Å². The summed E-state index contributed by atoms with van der Waals surface area (Å²) in [5.41, 5.74) is 7.81. The molecule has 7 heteroatoms. The van der Waals surface area contributed by atoms with Crippen LogP contribution in [0.3, 0.4) is 0 Å². The number of H-pyrrole nitrogens is 1. The highest BCUT2D eigenvalue weighted by Crippen LogP contribution is 2.17. The highest BCUT2D eigenvalue weighted by Gasteiger charge is 2.14. The third-order valence-electron chi connectivity index (χ3n) is 4.15. The van der Waals surface area contributed by atoms with Gasteiger partial charge in [-0.15, -0.1) is 0 Å². The Labute approximate surface area is 146 Å². The summed E-state index contributed by atoms with van der Waals surface area (Å²) >= 11 is 0. The maximum atomic E-state index is 12.3. The Kier molecular flexibility index (Phi) is 5.33. The molecule has 0 radical (unpaired) electrons. The third-order valence-corrected chi connectivity index (χ3v) is 4.15. The number of aromatic amines is 1. The molecule has 0 aliphatic heterocycles. The van der Waals surface area contributed by atoms with Crippen LogP contribution >= 0.6 is 0 Å². The Morgan fingerprint density at radius 3 is 2.72 bits per heavy atom. The van der Waals surface area contributed by atoms with E-state index >= 15 is 0 Å². The zero-order chi connectivity index (χ0) is 17.6. The van der Waals surface area contributed by atoms with Crippen molar-refractivity contribution >= 4 is 22.9 Å². The average molecular weight is 340 g/mol. The molecule has 0 amide bonds. The van der Waals surface area contributed by atoms with Gasteiger partial charge in [-0.1, -0.05) is 56.5 Å². The normalized spacial score (nSPS) is 11.1. The van der Waals surface area contributed by atoms with Crippen LogP contribution in [-0.2, 0) is 6.54 Å². The Morgan fingerprint density at radius 2 is 1.96 bits per heavy atom. The van der Waals surface area contributed by atoms with Gasteiger partial charge in [0.1, 0.15) is 5.52 Å². The van der Waals surface area contributed by atoms with Crippen LogP contribution in [0.1, 0.15) is 38.2 Å². The van der Waals surface area contributed by atoms with Crippen molar-refractivity contribution in [2.75, 3.05) is 17.6 Å². The molecule has 2 heterocycles. The second kappa shape index (κ2) is 7.83. The molecular formula is C18H24N6O. The molecule has 0 unspecified atom stereocenters. The number of hydrogen-bond acceptors (Lipinski definition) is 5. The first-order valence-corrected chi connectivity index (χ1v) is 8.73. The van der Waals surface area contributed by atoms with Gasteiger partial charge in [-0.25, -0.2) is 4.79 Å². The number of rotatable bonds is 8. The van der Waals surface area contributed by atoms with E-state index in [2.05, 4.69) is 27.2 Å².